The Kier molecular flexibility index (Phi) is 6.00. The summed E-state index contributed by atoms with van der Waals surface area (Å²) >= 11 is 0. The summed E-state index contributed by atoms with van der Waals surface area (Å²) in [6.45, 7) is 0.912. The molecule has 0 atom stereocenters. The molecule has 0 spiro atoms. The van der Waals surface area contributed by atoms with Gasteiger partial charge in [-0.25, -0.2) is 14.8 Å². The van der Waals surface area contributed by atoms with Crippen LogP contribution in [-0.2, 0) is 17.9 Å². The van der Waals surface area contributed by atoms with Crippen LogP contribution in [0.3, 0.4) is 0 Å². The number of anilines is 1. The number of hydrogen-bond acceptors (Lipinski definition) is 5. The van der Waals surface area contributed by atoms with Crippen LogP contribution in [0.4, 0.5) is 10.6 Å². The SMILES string of the molecule is COCc1cc(NC(=O)N(Cc2ccoc2)C2CCCCC2)ncn1. The van der Waals surface area contributed by atoms with E-state index in [2.05, 4.69) is 15.3 Å². The molecular weight excluding hydrogens is 320 g/mol. The van der Waals surface area contributed by atoms with Gasteiger partial charge in [-0.3, -0.25) is 5.32 Å². The highest BCUT2D eigenvalue weighted by molar-refractivity contribution is 5.88. The van der Waals surface area contributed by atoms with Gasteiger partial charge in [0.1, 0.15) is 12.1 Å². The fourth-order valence-electron chi connectivity index (χ4n) is 3.21. The molecule has 7 heteroatoms. The van der Waals surface area contributed by atoms with Crippen molar-refractivity contribution in [1.82, 2.24) is 14.9 Å². The standard InChI is InChI=1S/C18H24N4O3/c1-24-12-15-9-17(20-13-19-15)21-18(23)22(10-14-7-8-25-11-14)16-5-3-2-4-6-16/h7-9,11,13,16H,2-6,10,12H2,1H3,(H,19,20,21,23). The van der Waals surface area contributed by atoms with E-state index in [0.29, 0.717) is 19.0 Å². The molecule has 134 valence electrons. The van der Waals surface area contributed by atoms with Crippen molar-refractivity contribution in [2.75, 3.05) is 12.4 Å². The molecule has 3 rings (SSSR count). The number of rotatable bonds is 6. The summed E-state index contributed by atoms with van der Waals surface area (Å²) in [7, 11) is 1.61. The Hall–Kier alpha value is -2.41. The summed E-state index contributed by atoms with van der Waals surface area (Å²) in [5.74, 6) is 0.486. The topological polar surface area (TPSA) is 80.5 Å². The first-order valence-electron chi connectivity index (χ1n) is 8.65. The fourth-order valence-corrected chi connectivity index (χ4v) is 3.21. The van der Waals surface area contributed by atoms with Crippen molar-refractivity contribution in [3.8, 4) is 0 Å². The molecule has 1 N–H and O–H groups in total. The van der Waals surface area contributed by atoms with E-state index in [1.54, 1.807) is 25.7 Å². The van der Waals surface area contributed by atoms with Crippen molar-refractivity contribution in [2.45, 2.75) is 51.3 Å². The first-order chi connectivity index (χ1) is 12.3. The Morgan fingerprint density at radius 1 is 1.36 bits per heavy atom. The van der Waals surface area contributed by atoms with Gasteiger partial charge in [0.05, 0.1) is 31.4 Å². The van der Waals surface area contributed by atoms with E-state index in [-0.39, 0.29) is 12.1 Å². The van der Waals surface area contributed by atoms with Crippen molar-refractivity contribution in [2.24, 2.45) is 0 Å². The molecule has 0 bridgehead atoms. The van der Waals surface area contributed by atoms with Crippen LogP contribution in [0.5, 0.6) is 0 Å². The van der Waals surface area contributed by atoms with Crippen LogP contribution < -0.4 is 5.32 Å². The number of ether oxygens (including phenoxy) is 1. The highest BCUT2D eigenvalue weighted by Gasteiger charge is 2.26. The van der Waals surface area contributed by atoms with E-state index in [1.165, 1.54) is 12.7 Å². The van der Waals surface area contributed by atoms with Crippen LogP contribution in [-0.4, -0.2) is 34.1 Å². The molecule has 0 saturated heterocycles. The number of urea groups is 1. The molecule has 7 nitrogen and oxygen atoms in total. The van der Waals surface area contributed by atoms with E-state index in [0.717, 1.165) is 36.9 Å². The second kappa shape index (κ2) is 8.62. The minimum atomic E-state index is -0.143. The summed E-state index contributed by atoms with van der Waals surface area (Å²) in [6, 6.07) is 3.72. The highest BCUT2D eigenvalue weighted by Crippen LogP contribution is 2.25. The molecule has 2 amide bonds. The second-order valence-corrected chi connectivity index (χ2v) is 6.31. The van der Waals surface area contributed by atoms with E-state index in [9.17, 15) is 4.79 Å². The van der Waals surface area contributed by atoms with Gasteiger partial charge in [-0.05, 0) is 18.9 Å². The van der Waals surface area contributed by atoms with Crippen LogP contribution in [0, 0.1) is 0 Å². The Balaban J connectivity index is 1.72. The summed E-state index contributed by atoms with van der Waals surface area (Å²) in [6.07, 6.45) is 10.4. The monoisotopic (exact) mass is 344 g/mol. The van der Waals surface area contributed by atoms with E-state index >= 15 is 0 Å². The Labute approximate surface area is 147 Å². The summed E-state index contributed by atoms with van der Waals surface area (Å²) in [5, 5.41) is 2.90. The first kappa shape index (κ1) is 17.4. The molecule has 0 aromatic carbocycles. The van der Waals surface area contributed by atoms with Gasteiger partial charge in [0.25, 0.3) is 0 Å². The second-order valence-electron chi connectivity index (χ2n) is 6.31. The zero-order valence-electron chi connectivity index (χ0n) is 14.5. The number of nitrogens with zero attached hydrogens (tertiary/aromatic N) is 3. The fraction of sp³-hybridized carbons (Fsp3) is 0.500. The molecule has 1 aliphatic rings. The minimum absolute atomic E-state index is 0.143. The molecule has 2 aromatic heterocycles. The van der Waals surface area contributed by atoms with Gasteiger partial charge in [-0.2, -0.15) is 0 Å². The number of methoxy groups -OCH3 is 1. The average Bonchev–Trinajstić information content (AvgIpc) is 3.14. The molecule has 1 aliphatic carbocycles. The number of carbonyl (C=O) groups excluding carboxylic acids is 1. The van der Waals surface area contributed by atoms with E-state index in [4.69, 9.17) is 9.15 Å². The van der Waals surface area contributed by atoms with E-state index < -0.39 is 0 Å². The quantitative estimate of drug-likeness (QED) is 0.866. The molecule has 2 aromatic rings. The third-order valence-electron chi connectivity index (χ3n) is 4.46. The third kappa shape index (κ3) is 4.79. The maximum Gasteiger partial charge on any atom is 0.323 e. The van der Waals surface area contributed by atoms with Crippen molar-refractivity contribution < 1.29 is 13.9 Å². The van der Waals surface area contributed by atoms with Gasteiger partial charge in [0, 0.05) is 24.8 Å². The molecular formula is C18H24N4O3. The number of amides is 2. The number of hydrogen-bond donors (Lipinski definition) is 1. The number of furan rings is 1. The molecule has 0 aliphatic heterocycles. The maximum atomic E-state index is 12.9. The number of carbonyl (C=O) groups is 1. The lowest BCUT2D eigenvalue weighted by molar-refractivity contribution is 0.162. The van der Waals surface area contributed by atoms with Crippen LogP contribution in [0.1, 0.15) is 43.4 Å². The largest absolute Gasteiger partial charge is 0.472 e. The molecule has 0 radical (unpaired) electrons. The Bertz CT molecular complexity index is 669. The Morgan fingerprint density at radius 2 is 2.20 bits per heavy atom. The number of nitrogens with one attached hydrogen (secondary N) is 1. The van der Waals surface area contributed by atoms with Crippen LogP contribution in [0.2, 0.25) is 0 Å². The predicted molar refractivity (Wildman–Crippen MR) is 92.9 cm³/mol. The van der Waals surface area contributed by atoms with Crippen LogP contribution in [0.25, 0.3) is 0 Å². The van der Waals surface area contributed by atoms with Crippen LogP contribution in [0.15, 0.2) is 35.4 Å². The molecule has 1 fully saturated rings. The average molecular weight is 344 g/mol. The van der Waals surface area contributed by atoms with Gasteiger partial charge in [-0.15, -0.1) is 0 Å². The van der Waals surface area contributed by atoms with Gasteiger partial charge < -0.3 is 14.1 Å². The van der Waals surface area contributed by atoms with E-state index in [1.807, 2.05) is 11.0 Å². The lowest BCUT2D eigenvalue weighted by Crippen LogP contribution is -2.43. The minimum Gasteiger partial charge on any atom is -0.472 e. The molecule has 1 saturated carbocycles. The van der Waals surface area contributed by atoms with Crippen molar-refractivity contribution in [3.05, 3.63) is 42.2 Å². The Morgan fingerprint density at radius 3 is 2.92 bits per heavy atom. The summed E-state index contributed by atoms with van der Waals surface area (Å²) in [4.78, 5) is 23.1. The van der Waals surface area contributed by atoms with Crippen molar-refractivity contribution in [3.63, 3.8) is 0 Å². The van der Waals surface area contributed by atoms with Gasteiger partial charge in [0.15, 0.2) is 0 Å². The van der Waals surface area contributed by atoms with Gasteiger partial charge in [-0.1, -0.05) is 19.3 Å². The van der Waals surface area contributed by atoms with Gasteiger partial charge in [0.2, 0.25) is 0 Å². The third-order valence-corrected chi connectivity index (χ3v) is 4.46. The van der Waals surface area contributed by atoms with Gasteiger partial charge >= 0.3 is 6.03 Å². The lowest BCUT2D eigenvalue weighted by Gasteiger charge is -2.34. The lowest BCUT2D eigenvalue weighted by atomic mass is 9.94. The van der Waals surface area contributed by atoms with Crippen molar-refractivity contribution in [1.29, 1.82) is 0 Å². The first-order valence-corrected chi connectivity index (χ1v) is 8.65. The maximum absolute atomic E-state index is 12.9. The van der Waals surface area contributed by atoms with Crippen LogP contribution >= 0.6 is 0 Å². The summed E-state index contributed by atoms with van der Waals surface area (Å²) in [5.41, 5.74) is 1.72. The summed E-state index contributed by atoms with van der Waals surface area (Å²) < 4.78 is 10.2. The molecule has 0 unspecified atom stereocenters. The highest BCUT2D eigenvalue weighted by atomic mass is 16.5. The zero-order chi connectivity index (χ0) is 17.5. The zero-order valence-corrected chi connectivity index (χ0v) is 14.5. The normalized spacial score (nSPS) is 15.1. The van der Waals surface area contributed by atoms with Crippen molar-refractivity contribution >= 4 is 11.8 Å². The molecule has 25 heavy (non-hydrogen) atoms. The smallest absolute Gasteiger partial charge is 0.323 e. The molecule has 2 heterocycles. The predicted octanol–water partition coefficient (Wildman–Crippen LogP) is 3.58. The number of aromatic nitrogens is 2.